The van der Waals surface area contributed by atoms with Crippen LogP contribution < -0.4 is 0 Å². The van der Waals surface area contributed by atoms with E-state index in [4.69, 9.17) is 0 Å². The number of carbonyl (C=O) groups is 3. The largest absolute Gasteiger partial charge is 0.467 e. The summed E-state index contributed by atoms with van der Waals surface area (Å²) in [6.07, 6.45) is 0.929. The minimum absolute atomic E-state index is 0.131. The summed E-state index contributed by atoms with van der Waals surface area (Å²) in [5.41, 5.74) is 3.01. The molecule has 0 saturated carbocycles. The lowest BCUT2D eigenvalue weighted by Gasteiger charge is -2.22. The van der Waals surface area contributed by atoms with Gasteiger partial charge in [0.2, 0.25) is 11.7 Å². The molecular formula is C15H25NO4Si. The lowest BCUT2D eigenvalue weighted by Crippen LogP contribution is -2.40. The Labute approximate surface area is 128 Å². The van der Waals surface area contributed by atoms with Gasteiger partial charge in [-0.1, -0.05) is 19.6 Å². The molecule has 0 radical (unpaired) electrons. The molecule has 0 aromatic rings. The van der Waals surface area contributed by atoms with Crippen molar-refractivity contribution in [3.8, 4) is 11.5 Å². The van der Waals surface area contributed by atoms with Crippen molar-refractivity contribution in [3.05, 3.63) is 0 Å². The molecule has 0 aliphatic heterocycles. The summed E-state index contributed by atoms with van der Waals surface area (Å²) in [7, 11) is 1.30. The summed E-state index contributed by atoms with van der Waals surface area (Å²) in [5, 5.41) is 0. The van der Waals surface area contributed by atoms with Crippen molar-refractivity contribution in [2.75, 3.05) is 14.2 Å². The molecule has 0 bridgehead atoms. The topological polar surface area (TPSA) is 63.7 Å². The third-order valence-corrected chi connectivity index (χ3v) is 3.76. The van der Waals surface area contributed by atoms with E-state index in [9.17, 15) is 14.4 Å². The maximum absolute atomic E-state index is 11.9. The summed E-state index contributed by atoms with van der Waals surface area (Å²) < 4.78 is 4.59. The highest BCUT2D eigenvalue weighted by Gasteiger charge is 2.22. The fourth-order valence-corrected chi connectivity index (χ4v) is 1.96. The Morgan fingerprint density at radius 1 is 1.19 bits per heavy atom. The predicted molar refractivity (Wildman–Crippen MR) is 84.2 cm³/mol. The van der Waals surface area contributed by atoms with Crippen molar-refractivity contribution >= 4 is 25.7 Å². The SMILES string of the molecule is COC(=O)C(C)N(C)C(=O)CCCC(=O)C#C[Si](C)(C)C. The lowest BCUT2D eigenvalue weighted by molar-refractivity contribution is -0.151. The number of hydrogen-bond acceptors (Lipinski definition) is 4. The highest BCUT2D eigenvalue weighted by Crippen LogP contribution is 2.05. The first kappa shape index (κ1) is 19.4. The van der Waals surface area contributed by atoms with Crippen LogP contribution in [0.2, 0.25) is 19.6 Å². The average molecular weight is 311 g/mol. The van der Waals surface area contributed by atoms with Gasteiger partial charge in [-0.3, -0.25) is 9.59 Å². The Hall–Kier alpha value is -1.61. The molecule has 118 valence electrons. The van der Waals surface area contributed by atoms with Crippen LogP contribution in [0.1, 0.15) is 26.2 Å². The maximum Gasteiger partial charge on any atom is 0.328 e. The number of ether oxygens (including phenoxy) is 1. The molecule has 5 nitrogen and oxygen atoms in total. The van der Waals surface area contributed by atoms with E-state index in [1.165, 1.54) is 12.0 Å². The van der Waals surface area contributed by atoms with E-state index in [2.05, 4.69) is 35.8 Å². The van der Waals surface area contributed by atoms with E-state index in [0.29, 0.717) is 6.42 Å². The number of Topliss-reactive ketones (excluding diaryl/α,β-unsaturated/α-hetero) is 1. The quantitative estimate of drug-likeness (QED) is 0.425. The van der Waals surface area contributed by atoms with Gasteiger partial charge >= 0.3 is 5.97 Å². The van der Waals surface area contributed by atoms with Crippen LogP contribution >= 0.6 is 0 Å². The number of rotatable bonds is 6. The second-order valence-corrected chi connectivity index (χ2v) is 10.7. The summed E-state index contributed by atoms with van der Waals surface area (Å²) >= 11 is 0. The molecule has 0 aliphatic rings. The molecule has 0 spiro atoms. The van der Waals surface area contributed by atoms with Gasteiger partial charge in [-0.05, 0) is 19.3 Å². The first-order valence-electron chi connectivity index (χ1n) is 6.98. The molecule has 0 aliphatic carbocycles. The van der Waals surface area contributed by atoms with Crippen molar-refractivity contribution in [2.24, 2.45) is 0 Å². The van der Waals surface area contributed by atoms with E-state index in [-0.39, 0.29) is 24.5 Å². The first-order chi connectivity index (χ1) is 9.58. The molecule has 0 saturated heterocycles. The zero-order valence-corrected chi connectivity index (χ0v) is 14.8. The molecule has 0 N–H and O–H groups in total. The fourth-order valence-electron chi connectivity index (χ4n) is 1.44. The molecule has 1 amide bonds. The zero-order valence-electron chi connectivity index (χ0n) is 13.8. The number of methoxy groups -OCH3 is 1. The van der Waals surface area contributed by atoms with Crippen molar-refractivity contribution < 1.29 is 19.1 Å². The molecule has 1 unspecified atom stereocenters. The Balaban J connectivity index is 4.23. The van der Waals surface area contributed by atoms with Gasteiger partial charge in [0, 0.05) is 19.9 Å². The number of carbonyl (C=O) groups excluding carboxylic acids is 3. The van der Waals surface area contributed by atoms with Gasteiger partial charge < -0.3 is 9.64 Å². The lowest BCUT2D eigenvalue weighted by atomic mass is 10.1. The number of esters is 1. The minimum Gasteiger partial charge on any atom is -0.467 e. The third kappa shape index (κ3) is 8.30. The summed E-state index contributed by atoms with van der Waals surface area (Å²) in [5.74, 6) is 1.88. The fraction of sp³-hybridized carbons (Fsp3) is 0.667. The number of ketones is 1. The summed E-state index contributed by atoms with van der Waals surface area (Å²) in [4.78, 5) is 36.1. The van der Waals surface area contributed by atoms with Crippen LogP contribution in [0.4, 0.5) is 0 Å². The zero-order chi connectivity index (χ0) is 16.6. The third-order valence-electron chi connectivity index (χ3n) is 2.89. The Morgan fingerprint density at radius 3 is 2.24 bits per heavy atom. The molecule has 0 aromatic carbocycles. The van der Waals surface area contributed by atoms with Crippen LogP contribution in [0.5, 0.6) is 0 Å². The molecule has 6 heteroatoms. The molecule has 0 heterocycles. The van der Waals surface area contributed by atoms with Crippen LogP contribution in [0.25, 0.3) is 0 Å². The Morgan fingerprint density at radius 2 is 1.76 bits per heavy atom. The van der Waals surface area contributed by atoms with Crippen molar-refractivity contribution in [1.29, 1.82) is 0 Å². The van der Waals surface area contributed by atoms with E-state index in [1.807, 2.05) is 0 Å². The number of likely N-dealkylation sites (N-methyl/N-ethyl adjacent to an activating group) is 1. The highest BCUT2D eigenvalue weighted by atomic mass is 28.3. The van der Waals surface area contributed by atoms with Crippen molar-refractivity contribution in [2.45, 2.75) is 51.9 Å². The van der Waals surface area contributed by atoms with Crippen molar-refractivity contribution in [3.63, 3.8) is 0 Å². The smallest absolute Gasteiger partial charge is 0.328 e. The Kier molecular flexibility index (Phi) is 7.96. The molecule has 0 fully saturated rings. The second kappa shape index (κ2) is 8.62. The van der Waals surface area contributed by atoms with Crippen molar-refractivity contribution in [1.82, 2.24) is 4.90 Å². The number of amides is 1. The Bertz CT molecular complexity index is 457. The van der Waals surface area contributed by atoms with Gasteiger partial charge in [-0.15, -0.1) is 5.54 Å². The van der Waals surface area contributed by atoms with Gasteiger partial charge in [0.1, 0.15) is 14.1 Å². The average Bonchev–Trinajstić information content (AvgIpc) is 2.41. The normalized spacial score (nSPS) is 11.9. The minimum atomic E-state index is -1.54. The van der Waals surface area contributed by atoms with E-state index in [0.717, 1.165) is 0 Å². The summed E-state index contributed by atoms with van der Waals surface area (Å²) in [6.45, 7) is 7.81. The molecule has 0 aromatic heterocycles. The van der Waals surface area contributed by atoms with Crippen LogP contribution in [0.3, 0.4) is 0 Å². The van der Waals surface area contributed by atoms with Gasteiger partial charge in [0.15, 0.2) is 0 Å². The highest BCUT2D eigenvalue weighted by molar-refractivity contribution is 6.84. The molecule has 0 rings (SSSR count). The van der Waals surface area contributed by atoms with Crippen LogP contribution in [0, 0.1) is 11.5 Å². The number of nitrogens with zero attached hydrogens (tertiary/aromatic N) is 1. The number of hydrogen-bond donors (Lipinski definition) is 0. The van der Waals surface area contributed by atoms with Gasteiger partial charge in [0.25, 0.3) is 0 Å². The monoisotopic (exact) mass is 311 g/mol. The van der Waals surface area contributed by atoms with Crippen LogP contribution in [0.15, 0.2) is 0 Å². The van der Waals surface area contributed by atoms with Gasteiger partial charge in [-0.2, -0.15) is 0 Å². The van der Waals surface area contributed by atoms with Gasteiger partial charge in [-0.25, -0.2) is 4.79 Å². The molecular weight excluding hydrogens is 286 g/mol. The summed E-state index contributed by atoms with van der Waals surface area (Å²) in [6, 6.07) is -0.620. The van der Waals surface area contributed by atoms with E-state index < -0.39 is 20.1 Å². The standard InChI is InChI=1S/C15H25NO4Si/c1-12(15(19)20-3)16(2)14(18)9-7-8-13(17)10-11-21(4,5)6/h12H,7-9H2,1-6H3. The maximum atomic E-state index is 11.9. The van der Waals surface area contributed by atoms with Gasteiger partial charge in [0.05, 0.1) is 7.11 Å². The molecule has 21 heavy (non-hydrogen) atoms. The second-order valence-electron chi connectivity index (χ2n) is 5.98. The van der Waals surface area contributed by atoms with Crippen LogP contribution in [-0.4, -0.2) is 50.8 Å². The first-order valence-corrected chi connectivity index (χ1v) is 10.5. The molecule has 1 atom stereocenters. The predicted octanol–water partition coefficient (Wildman–Crippen LogP) is 1.63. The van der Waals surface area contributed by atoms with Crippen LogP contribution in [-0.2, 0) is 19.1 Å². The van der Waals surface area contributed by atoms with E-state index >= 15 is 0 Å². The van der Waals surface area contributed by atoms with E-state index in [1.54, 1.807) is 14.0 Å².